The van der Waals surface area contributed by atoms with E-state index in [4.69, 9.17) is 16.9 Å². The van der Waals surface area contributed by atoms with Crippen LogP contribution in [0.1, 0.15) is 30.7 Å². The van der Waals surface area contributed by atoms with Gasteiger partial charge in [-0.2, -0.15) is 18.4 Å². The minimum atomic E-state index is -4.53. The molecule has 0 aliphatic heterocycles. The molecule has 0 spiro atoms. The molecule has 2 aromatic heterocycles. The minimum Gasteiger partial charge on any atom is -0.352 e. The van der Waals surface area contributed by atoms with Crippen molar-refractivity contribution in [3.8, 4) is 6.07 Å². The number of nitriles is 1. The zero-order chi connectivity index (χ0) is 19.6. The van der Waals surface area contributed by atoms with Gasteiger partial charge in [0.1, 0.15) is 0 Å². The number of nitrogens with one attached hydrogen (secondary N) is 2. The van der Waals surface area contributed by atoms with Crippen molar-refractivity contribution in [3.63, 3.8) is 0 Å². The molecule has 1 saturated carbocycles. The number of fused-ring (bicyclic) bond motifs is 1. The number of aliphatic imine (C=N–C) groups is 1. The Kier molecular flexibility index (Phi) is 7.33. The Morgan fingerprint density at radius 2 is 2.18 bits per heavy atom. The molecule has 3 rings (SSSR count). The smallest absolute Gasteiger partial charge is 0.352 e. The monoisotopic (exact) mass is 527 g/mol. The number of pyridine rings is 1. The summed E-state index contributed by atoms with van der Waals surface area (Å²) in [4.78, 5) is 4.10. The summed E-state index contributed by atoms with van der Waals surface area (Å²) in [7, 11) is 1.58. The topological polar surface area (TPSA) is 90.4 Å². The van der Waals surface area contributed by atoms with Gasteiger partial charge < -0.3 is 10.6 Å². The van der Waals surface area contributed by atoms with Crippen molar-refractivity contribution in [3.05, 3.63) is 28.7 Å². The first-order valence-corrected chi connectivity index (χ1v) is 8.68. The molecule has 0 radical (unpaired) electrons. The third kappa shape index (κ3) is 4.78. The molecule has 0 aromatic carbocycles. The summed E-state index contributed by atoms with van der Waals surface area (Å²) in [5, 5.41) is 23.0. The number of nitrogens with zero attached hydrogens (tertiary/aromatic N) is 5. The first-order chi connectivity index (χ1) is 12.8. The van der Waals surface area contributed by atoms with E-state index in [1.165, 1.54) is 4.40 Å². The summed E-state index contributed by atoms with van der Waals surface area (Å²) < 4.78 is 40.3. The van der Waals surface area contributed by atoms with Crippen LogP contribution in [0.3, 0.4) is 0 Å². The molecule has 2 aromatic rings. The van der Waals surface area contributed by atoms with E-state index in [2.05, 4.69) is 31.9 Å². The maximum absolute atomic E-state index is 13.0. The standard InChI is InChI=1S/C16H17ClF3N7.HI/c1-22-15(24-12-4-2-3-9(12)6-21)23-7-13-25-26-14-11(17)5-10(8-27(13)14)16(18,19)20;/h5,8-9,12H,2-4,7H2,1H3,(H2,22,23,24);1H. The molecular weight excluding hydrogens is 510 g/mol. The average Bonchev–Trinajstić information content (AvgIpc) is 3.24. The summed E-state index contributed by atoms with van der Waals surface area (Å²) >= 11 is 5.91. The largest absolute Gasteiger partial charge is 0.417 e. The van der Waals surface area contributed by atoms with Crippen LogP contribution < -0.4 is 10.6 Å². The number of rotatable bonds is 3. The van der Waals surface area contributed by atoms with E-state index >= 15 is 0 Å². The molecule has 2 N–H and O–H groups in total. The molecule has 2 heterocycles. The first kappa shape index (κ1) is 22.5. The third-order valence-corrected chi connectivity index (χ3v) is 4.78. The van der Waals surface area contributed by atoms with Crippen LogP contribution in [0.2, 0.25) is 5.02 Å². The second-order valence-electron chi connectivity index (χ2n) is 6.23. The fourth-order valence-electron chi connectivity index (χ4n) is 3.10. The first-order valence-electron chi connectivity index (χ1n) is 8.30. The Labute approximate surface area is 181 Å². The molecule has 0 bridgehead atoms. The fourth-order valence-corrected chi connectivity index (χ4v) is 3.34. The average molecular weight is 528 g/mol. The lowest BCUT2D eigenvalue weighted by Gasteiger charge is -2.19. The summed E-state index contributed by atoms with van der Waals surface area (Å²) in [5.41, 5.74) is -0.740. The molecule has 28 heavy (non-hydrogen) atoms. The Morgan fingerprint density at radius 3 is 2.82 bits per heavy atom. The van der Waals surface area contributed by atoms with Gasteiger partial charge in [0.15, 0.2) is 17.4 Å². The summed E-state index contributed by atoms with van der Waals surface area (Å²) in [5.74, 6) is 0.604. The van der Waals surface area contributed by atoms with Crippen LogP contribution in [0, 0.1) is 17.2 Å². The fraction of sp³-hybridized carbons (Fsp3) is 0.500. The summed E-state index contributed by atoms with van der Waals surface area (Å²) in [6.07, 6.45) is -0.966. The molecule has 1 aliphatic carbocycles. The van der Waals surface area contributed by atoms with Gasteiger partial charge >= 0.3 is 6.18 Å². The van der Waals surface area contributed by atoms with E-state index in [9.17, 15) is 13.2 Å². The Balaban J connectivity index is 0.00000280. The van der Waals surface area contributed by atoms with Gasteiger partial charge in [0.05, 0.1) is 29.1 Å². The highest BCUT2D eigenvalue weighted by Gasteiger charge is 2.32. The normalized spacial score (nSPS) is 19.9. The van der Waals surface area contributed by atoms with Crippen LogP contribution in [0.25, 0.3) is 5.65 Å². The van der Waals surface area contributed by atoms with Crippen molar-refractivity contribution in [1.29, 1.82) is 5.26 Å². The lowest BCUT2D eigenvalue weighted by Crippen LogP contribution is -2.44. The van der Waals surface area contributed by atoms with E-state index in [0.29, 0.717) is 5.96 Å². The number of hydrogen-bond acceptors (Lipinski definition) is 4. The van der Waals surface area contributed by atoms with Crippen LogP contribution >= 0.6 is 35.6 Å². The molecule has 1 fully saturated rings. The molecule has 0 amide bonds. The van der Waals surface area contributed by atoms with Gasteiger partial charge in [-0.05, 0) is 25.3 Å². The molecule has 1 aliphatic rings. The van der Waals surface area contributed by atoms with Gasteiger partial charge in [-0.25, -0.2) is 0 Å². The second kappa shape index (κ2) is 9.13. The van der Waals surface area contributed by atoms with E-state index in [1.807, 2.05) is 0 Å². The summed E-state index contributed by atoms with van der Waals surface area (Å²) in [6.45, 7) is 0.0857. The molecule has 0 saturated heterocycles. The zero-order valence-corrected chi connectivity index (χ0v) is 17.9. The lowest BCUT2D eigenvalue weighted by molar-refractivity contribution is -0.137. The number of aromatic nitrogens is 3. The van der Waals surface area contributed by atoms with Crippen molar-refractivity contribution >= 4 is 47.2 Å². The van der Waals surface area contributed by atoms with E-state index in [0.717, 1.165) is 31.5 Å². The van der Waals surface area contributed by atoms with Gasteiger partial charge in [0.25, 0.3) is 0 Å². The maximum Gasteiger partial charge on any atom is 0.417 e. The van der Waals surface area contributed by atoms with Crippen molar-refractivity contribution in [2.75, 3.05) is 7.05 Å². The quantitative estimate of drug-likeness (QED) is 0.363. The highest BCUT2D eigenvalue weighted by atomic mass is 127. The number of guanidine groups is 1. The molecule has 152 valence electrons. The summed E-state index contributed by atoms with van der Waals surface area (Å²) in [6, 6.07) is 3.08. The van der Waals surface area contributed by atoms with Gasteiger partial charge in [-0.1, -0.05) is 11.6 Å². The van der Waals surface area contributed by atoms with Crippen LogP contribution in [0.4, 0.5) is 13.2 Å². The predicted molar refractivity (Wildman–Crippen MR) is 108 cm³/mol. The number of halogens is 5. The minimum absolute atomic E-state index is 0. The van der Waals surface area contributed by atoms with Crippen molar-refractivity contribution in [2.24, 2.45) is 10.9 Å². The van der Waals surface area contributed by atoms with Crippen molar-refractivity contribution in [1.82, 2.24) is 25.2 Å². The highest BCUT2D eigenvalue weighted by Crippen LogP contribution is 2.32. The van der Waals surface area contributed by atoms with Crippen molar-refractivity contribution < 1.29 is 13.2 Å². The SMILES string of the molecule is CN=C(NCc1nnc2c(Cl)cc(C(F)(F)F)cn12)NC1CCCC1C#N.I. The Hall–Kier alpha value is -1.81. The van der Waals surface area contributed by atoms with Gasteiger partial charge in [-0.15, -0.1) is 34.2 Å². The zero-order valence-electron chi connectivity index (χ0n) is 14.8. The predicted octanol–water partition coefficient (Wildman–Crippen LogP) is 3.38. The highest BCUT2D eigenvalue weighted by molar-refractivity contribution is 14.0. The van der Waals surface area contributed by atoms with Crippen molar-refractivity contribution in [2.45, 2.75) is 38.0 Å². The molecule has 2 atom stereocenters. The Morgan fingerprint density at radius 1 is 1.43 bits per heavy atom. The lowest BCUT2D eigenvalue weighted by atomic mass is 10.1. The third-order valence-electron chi connectivity index (χ3n) is 4.50. The van der Waals surface area contributed by atoms with Gasteiger partial charge in [0.2, 0.25) is 0 Å². The maximum atomic E-state index is 13.0. The van der Waals surface area contributed by atoms with E-state index < -0.39 is 11.7 Å². The van der Waals surface area contributed by atoms with Crippen LogP contribution in [-0.2, 0) is 12.7 Å². The number of alkyl halides is 3. The second-order valence-corrected chi connectivity index (χ2v) is 6.63. The van der Waals surface area contributed by atoms with Gasteiger partial charge in [-0.3, -0.25) is 9.39 Å². The molecular formula is C16H18ClF3IN7. The molecule has 2 unspecified atom stereocenters. The Bertz CT molecular complexity index is 906. The number of hydrogen-bond donors (Lipinski definition) is 2. The van der Waals surface area contributed by atoms with Crippen LogP contribution in [0.5, 0.6) is 0 Å². The molecule has 12 heteroatoms. The molecule has 7 nitrogen and oxygen atoms in total. The van der Waals surface area contributed by atoms with Crippen LogP contribution in [-0.4, -0.2) is 33.6 Å². The van der Waals surface area contributed by atoms with Crippen LogP contribution in [0.15, 0.2) is 17.3 Å². The van der Waals surface area contributed by atoms with E-state index in [-0.39, 0.29) is 59.0 Å². The van der Waals surface area contributed by atoms with Gasteiger partial charge in [0, 0.05) is 19.3 Å². The van der Waals surface area contributed by atoms with E-state index in [1.54, 1.807) is 7.05 Å².